The number of ether oxygens (including phenoxy) is 1. The highest BCUT2D eigenvalue weighted by Crippen LogP contribution is 2.19. The molecule has 0 aliphatic carbocycles. The van der Waals surface area contributed by atoms with Gasteiger partial charge in [0.05, 0.1) is 13.3 Å². The molecule has 0 bridgehead atoms. The Hall–Kier alpha value is -1.36. The minimum Gasteiger partial charge on any atom is -0.493 e. The largest absolute Gasteiger partial charge is 0.493 e. The second kappa shape index (κ2) is 6.70. The Labute approximate surface area is 115 Å². The number of nitrogens with one attached hydrogen (secondary N) is 1. The molecule has 108 valence electrons. The lowest BCUT2D eigenvalue weighted by molar-refractivity contribution is 0.0967. The Balaban J connectivity index is 2.72. The highest BCUT2D eigenvalue weighted by Gasteiger charge is 2.19. The number of rotatable bonds is 7. The number of aromatic nitrogens is 2. The highest BCUT2D eigenvalue weighted by molar-refractivity contribution is 5.97. The molecule has 1 aromatic rings. The molecule has 0 aliphatic heterocycles. The molecular weight excluding hydrogens is 242 g/mol. The van der Waals surface area contributed by atoms with Crippen LogP contribution in [-0.4, -0.2) is 34.8 Å². The standard InChI is InChI=1S/C14H25N3O2/c1-6-9-17-13(12(19-5)10-16-17)11(18)7-8-15-14(2,3)4/h10,15H,6-9H2,1-5H3. The first kappa shape index (κ1) is 15.7. The number of hydrogen-bond donors (Lipinski definition) is 1. The third-order valence-corrected chi connectivity index (χ3v) is 2.73. The number of aryl methyl sites for hydroxylation is 1. The second-order valence-corrected chi connectivity index (χ2v) is 5.63. The van der Waals surface area contributed by atoms with Crippen molar-refractivity contribution in [3.8, 4) is 5.75 Å². The molecule has 0 aliphatic rings. The summed E-state index contributed by atoms with van der Waals surface area (Å²) in [5.74, 6) is 0.633. The third kappa shape index (κ3) is 4.67. The maximum atomic E-state index is 12.3. The van der Waals surface area contributed by atoms with Crippen LogP contribution < -0.4 is 10.1 Å². The fourth-order valence-corrected chi connectivity index (χ4v) is 1.85. The van der Waals surface area contributed by atoms with Gasteiger partial charge in [0.2, 0.25) is 0 Å². The number of methoxy groups -OCH3 is 1. The van der Waals surface area contributed by atoms with Crippen LogP contribution in [-0.2, 0) is 6.54 Å². The van der Waals surface area contributed by atoms with Gasteiger partial charge in [0, 0.05) is 25.0 Å². The molecule has 5 heteroatoms. The van der Waals surface area contributed by atoms with Crippen molar-refractivity contribution in [1.82, 2.24) is 15.1 Å². The zero-order valence-corrected chi connectivity index (χ0v) is 12.6. The van der Waals surface area contributed by atoms with Gasteiger partial charge in [-0.2, -0.15) is 5.10 Å². The minimum absolute atomic E-state index is 0.0219. The number of nitrogens with zero attached hydrogens (tertiary/aromatic N) is 2. The molecule has 0 aromatic carbocycles. The predicted molar refractivity (Wildman–Crippen MR) is 75.8 cm³/mol. The zero-order valence-electron chi connectivity index (χ0n) is 12.6. The molecule has 5 nitrogen and oxygen atoms in total. The first-order valence-corrected chi connectivity index (χ1v) is 6.77. The Bertz CT molecular complexity index is 419. The summed E-state index contributed by atoms with van der Waals surface area (Å²) < 4.78 is 6.95. The van der Waals surface area contributed by atoms with Gasteiger partial charge in [-0.3, -0.25) is 9.48 Å². The predicted octanol–water partition coefficient (Wildman–Crippen LogP) is 2.26. The molecule has 0 amide bonds. The molecule has 19 heavy (non-hydrogen) atoms. The van der Waals surface area contributed by atoms with Gasteiger partial charge in [-0.15, -0.1) is 0 Å². The molecule has 1 N–H and O–H groups in total. The van der Waals surface area contributed by atoms with Gasteiger partial charge in [0.25, 0.3) is 0 Å². The highest BCUT2D eigenvalue weighted by atomic mass is 16.5. The number of ketones is 1. The molecule has 0 spiro atoms. The number of hydrogen-bond acceptors (Lipinski definition) is 4. The van der Waals surface area contributed by atoms with Crippen molar-refractivity contribution in [1.29, 1.82) is 0 Å². The molecule has 0 saturated heterocycles. The maximum absolute atomic E-state index is 12.3. The lowest BCUT2D eigenvalue weighted by Crippen LogP contribution is -2.37. The van der Waals surface area contributed by atoms with Crippen LogP contribution in [0.1, 0.15) is 51.0 Å². The van der Waals surface area contributed by atoms with E-state index in [2.05, 4.69) is 38.1 Å². The van der Waals surface area contributed by atoms with Crippen LogP contribution in [0, 0.1) is 0 Å². The number of carbonyl (C=O) groups excluding carboxylic acids is 1. The summed E-state index contributed by atoms with van der Waals surface area (Å²) in [5, 5.41) is 7.52. The van der Waals surface area contributed by atoms with Crippen LogP contribution in [0.5, 0.6) is 5.75 Å². The number of carbonyl (C=O) groups is 1. The van der Waals surface area contributed by atoms with Crippen LogP contribution in [0.15, 0.2) is 6.20 Å². The van der Waals surface area contributed by atoms with E-state index in [0.717, 1.165) is 13.0 Å². The molecule has 0 saturated carbocycles. The van der Waals surface area contributed by atoms with Gasteiger partial charge in [-0.25, -0.2) is 0 Å². The number of Topliss-reactive ketones (excluding diaryl/α,β-unsaturated/α-hetero) is 1. The van der Waals surface area contributed by atoms with Gasteiger partial charge in [-0.05, 0) is 27.2 Å². The van der Waals surface area contributed by atoms with Crippen LogP contribution in [0.2, 0.25) is 0 Å². The molecule has 1 aromatic heterocycles. The van der Waals surface area contributed by atoms with E-state index >= 15 is 0 Å². The van der Waals surface area contributed by atoms with E-state index in [1.165, 1.54) is 0 Å². The average Bonchev–Trinajstić information content (AvgIpc) is 2.70. The van der Waals surface area contributed by atoms with E-state index in [1.807, 2.05) is 0 Å². The van der Waals surface area contributed by atoms with Crippen molar-refractivity contribution >= 4 is 5.78 Å². The summed E-state index contributed by atoms with van der Waals surface area (Å²) in [4.78, 5) is 12.3. The van der Waals surface area contributed by atoms with Crippen molar-refractivity contribution in [3.05, 3.63) is 11.9 Å². The fourth-order valence-electron chi connectivity index (χ4n) is 1.85. The fraction of sp³-hybridized carbons (Fsp3) is 0.714. The Morgan fingerprint density at radius 1 is 1.47 bits per heavy atom. The van der Waals surface area contributed by atoms with Gasteiger partial charge >= 0.3 is 0 Å². The van der Waals surface area contributed by atoms with Gasteiger partial charge < -0.3 is 10.1 Å². The zero-order chi connectivity index (χ0) is 14.5. The summed E-state index contributed by atoms with van der Waals surface area (Å²) in [6.45, 7) is 9.70. The van der Waals surface area contributed by atoms with E-state index in [9.17, 15) is 4.79 Å². The van der Waals surface area contributed by atoms with E-state index < -0.39 is 0 Å². The lowest BCUT2D eigenvalue weighted by Gasteiger charge is -2.20. The first-order valence-electron chi connectivity index (χ1n) is 6.77. The van der Waals surface area contributed by atoms with Crippen LogP contribution in [0.3, 0.4) is 0 Å². The molecular formula is C14H25N3O2. The van der Waals surface area contributed by atoms with E-state index in [1.54, 1.807) is 18.0 Å². The SMILES string of the molecule is CCCn1ncc(OC)c1C(=O)CCNC(C)(C)C. The van der Waals surface area contributed by atoms with Crippen LogP contribution >= 0.6 is 0 Å². The lowest BCUT2D eigenvalue weighted by atomic mass is 10.1. The van der Waals surface area contributed by atoms with E-state index in [0.29, 0.717) is 24.4 Å². The van der Waals surface area contributed by atoms with E-state index in [4.69, 9.17) is 4.74 Å². The van der Waals surface area contributed by atoms with Crippen molar-refractivity contribution in [2.75, 3.05) is 13.7 Å². The van der Waals surface area contributed by atoms with E-state index in [-0.39, 0.29) is 11.3 Å². The minimum atomic E-state index is 0.0219. The monoisotopic (exact) mass is 267 g/mol. The summed E-state index contributed by atoms with van der Waals surface area (Å²) >= 11 is 0. The molecule has 0 unspecified atom stereocenters. The summed E-state index contributed by atoms with van der Waals surface area (Å²) in [5.41, 5.74) is 0.605. The van der Waals surface area contributed by atoms with Crippen molar-refractivity contribution in [2.45, 2.75) is 52.6 Å². The summed E-state index contributed by atoms with van der Waals surface area (Å²) in [6, 6.07) is 0. The Morgan fingerprint density at radius 3 is 2.68 bits per heavy atom. The van der Waals surface area contributed by atoms with Gasteiger partial charge in [0.15, 0.2) is 11.5 Å². The van der Waals surface area contributed by atoms with Gasteiger partial charge in [-0.1, -0.05) is 6.92 Å². The molecule has 0 fully saturated rings. The topological polar surface area (TPSA) is 56.2 Å². The summed E-state index contributed by atoms with van der Waals surface area (Å²) in [7, 11) is 1.57. The average molecular weight is 267 g/mol. The molecule has 0 atom stereocenters. The van der Waals surface area contributed by atoms with Crippen molar-refractivity contribution < 1.29 is 9.53 Å². The smallest absolute Gasteiger partial charge is 0.185 e. The molecule has 1 heterocycles. The van der Waals surface area contributed by atoms with Gasteiger partial charge in [0.1, 0.15) is 5.69 Å². The maximum Gasteiger partial charge on any atom is 0.185 e. The molecule has 1 rings (SSSR count). The Kier molecular flexibility index (Phi) is 5.54. The first-order chi connectivity index (χ1) is 8.89. The normalized spacial score (nSPS) is 11.6. The van der Waals surface area contributed by atoms with Crippen LogP contribution in [0.25, 0.3) is 0 Å². The van der Waals surface area contributed by atoms with Crippen LogP contribution in [0.4, 0.5) is 0 Å². The van der Waals surface area contributed by atoms with Crippen molar-refractivity contribution in [2.24, 2.45) is 0 Å². The Morgan fingerprint density at radius 2 is 2.16 bits per heavy atom. The quantitative estimate of drug-likeness (QED) is 0.770. The van der Waals surface area contributed by atoms with Crippen molar-refractivity contribution in [3.63, 3.8) is 0 Å². The third-order valence-electron chi connectivity index (χ3n) is 2.73. The second-order valence-electron chi connectivity index (χ2n) is 5.63. The molecule has 0 radical (unpaired) electrons. The summed E-state index contributed by atoms with van der Waals surface area (Å²) in [6.07, 6.45) is 2.99.